The van der Waals surface area contributed by atoms with Crippen molar-refractivity contribution >= 4 is 23.3 Å². The number of hydrogen-bond donors (Lipinski definition) is 3. The Kier molecular flexibility index (Phi) is 5.73. The van der Waals surface area contributed by atoms with Gasteiger partial charge in [-0.25, -0.2) is 9.97 Å². The van der Waals surface area contributed by atoms with E-state index in [2.05, 4.69) is 25.2 Å². The Morgan fingerprint density at radius 3 is 2.55 bits per heavy atom. The fourth-order valence-corrected chi connectivity index (χ4v) is 3.76. The molecule has 8 nitrogen and oxygen atoms in total. The third kappa shape index (κ3) is 5.02. The van der Waals surface area contributed by atoms with Gasteiger partial charge in [0.2, 0.25) is 5.95 Å². The van der Waals surface area contributed by atoms with E-state index in [0.29, 0.717) is 23.9 Å². The smallest absolute Gasteiger partial charge is 0.222 e. The average Bonchev–Trinajstić information content (AvgIpc) is 3.27. The number of pyridine rings is 1. The first kappa shape index (κ1) is 20.7. The van der Waals surface area contributed by atoms with Gasteiger partial charge in [0, 0.05) is 42.7 Å². The lowest BCUT2D eigenvalue weighted by Gasteiger charge is -2.17. The van der Waals surface area contributed by atoms with Crippen LogP contribution < -0.4 is 20.7 Å². The molecule has 4 N–H and O–H groups in total. The van der Waals surface area contributed by atoms with Crippen molar-refractivity contribution in [3.63, 3.8) is 0 Å². The van der Waals surface area contributed by atoms with Gasteiger partial charge in [-0.3, -0.25) is 0 Å². The van der Waals surface area contributed by atoms with E-state index in [1.807, 2.05) is 72.8 Å². The van der Waals surface area contributed by atoms with Gasteiger partial charge in [-0.2, -0.15) is 4.98 Å². The fourth-order valence-electron chi connectivity index (χ4n) is 3.76. The Morgan fingerprint density at radius 2 is 1.79 bits per heavy atom. The van der Waals surface area contributed by atoms with Crippen molar-refractivity contribution in [3.8, 4) is 22.8 Å². The maximum absolute atomic E-state index is 9.76. The first-order valence-corrected chi connectivity index (χ1v) is 10.8. The van der Waals surface area contributed by atoms with Crippen molar-refractivity contribution in [2.24, 2.45) is 0 Å². The molecular formula is C25H24N6O2. The van der Waals surface area contributed by atoms with Crippen LogP contribution in [0.4, 0.5) is 23.3 Å². The number of benzene rings is 2. The third-order valence-electron chi connectivity index (χ3n) is 5.38. The Morgan fingerprint density at radius 1 is 0.970 bits per heavy atom. The van der Waals surface area contributed by atoms with Gasteiger partial charge in [0.1, 0.15) is 23.1 Å². The molecule has 2 aromatic heterocycles. The van der Waals surface area contributed by atoms with E-state index in [0.717, 1.165) is 35.7 Å². The second-order valence-electron chi connectivity index (χ2n) is 7.85. The second-order valence-corrected chi connectivity index (χ2v) is 7.85. The molecule has 1 aliphatic heterocycles. The van der Waals surface area contributed by atoms with E-state index in [1.165, 1.54) is 0 Å². The molecule has 0 amide bonds. The van der Waals surface area contributed by atoms with Crippen molar-refractivity contribution < 1.29 is 9.84 Å². The molecule has 5 rings (SSSR count). The number of nitrogens with one attached hydrogen (secondary N) is 1. The summed E-state index contributed by atoms with van der Waals surface area (Å²) >= 11 is 0. The molecule has 3 heterocycles. The lowest BCUT2D eigenvalue weighted by Crippen LogP contribution is -2.22. The van der Waals surface area contributed by atoms with Crippen LogP contribution in [-0.2, 0) is 0 Å². The van der Waals surface area contributed by atoms with Gasteiger partial charge in [0.05, 0.1) is 11.8 Å². The average molecular weight is 441 g/mol. The molecule has 4 aromatic rings. The molecule has 33 heavy (non-hydrogen) atoms. The summed E-state index contributed by atoms with van der Waals surface area (Å²) in [5, 5.41) is 13.0. The van der Waals surface area contributed by atoms with E-state index in [4.69, 9.17) is 10.5 Å². The maximum Gasteiger partial charge on any atom is 0.222 e. The normalized spacial score (nSPS) is 15.4. The van der Waals surface area contributed by atoms with Crippen LogP contribution in [0.1, 0.15) is 6.42 Å². The number of nitrogens with two attached hydrogens (primary N) is 1. The van der Waals surface area contributed by atoms with Crippen LogP contribution in [0.2, 0.25) is 0 Å². The molecule has 0 bridgehead atoms. The topological polar surface area (TPSA) is 109 Å². The quantitative estimate of drug-likeness (QED) is 0.409. The largest absolute Gasteiger partial charge is 0.457 e. The van der Waals surface area contributed by atoms with Gasteiger partial charge < -0.3 is 25.8 Å². The zero-order valence-electron chi connectivity index (χ0n) is 17.9. The SMILES string of the molecule is Nc1nc(Nc2ccc(Oc3ccnc(N4CC[C@@H](O)C4)c3)cc2)cc(-c2ccccc2)n1. The summed E-state index contributed by atoms with van der Waals surface area (Å²) in [4.78, 5) is 15.1. The fraction of sp³-hybridized carbons (Fsp3) is 0.160. The summed E-state index contributed by atoms with van der Waals surface area (Å²) in [5.41, 5.74) is 8.49. The Hall–Kier alpha value is -4.17. The van der Waals surface area contributed by atoms with Crippen LogP contribution >= 0.6 is 0 Å². The monoisotopic (exact) mass is 440 g/mol. The van der Waals surface area contributed by atoms with Gasteiger partial charge in [-0.1, -0.05) is 30.3 Å². The molecule has 0 aliphatic carbocycles. The molecule has 1 atom stereocenters. The molecule has 2 aromatic carbocycles. The Labute approximate surface area is 191 Å². The number of anilines is 4. The predicted octanol–water partition coefficient (Wildman–Crippen LogP) is 4.23. The molecule has 0 saturated carbocycles. The minimum Gasteiger partial charge on any atom is -0.457 e. The number of β-amino-alcohol motifs (C(OH)–C–C–N with tert-alkyl or cyclic N) is 1. The molecule has 0 unspecified atom stereocenters. The van der Waals surface area contributed by atoms with Crippen molar-refractivity contribution in [2.75, 3.05) is 29.0 Å². The highest BCUT2D eigenvalue weighted by atomic mass is 16.5. The number of hydrogen-bond acceptors (Lipinski definition) is 8. The zero-order valence-corrected chi connectivity index (χ0v) is 17.9. The number of aliphatic hydroxyl groups excluding tert-OH is 1. The molecule has 8 heteroatoms. The Bertz CT molecular complexity index is 1230. The first-order chi connectivity index (χ1) is 16.1. The van der Waals surface area contributed by atoms with Gasteiger partial charge in [0.15, 0.2) is 0 Å². The van der Waals surface area contributed by atoms with Crippen LogP contribution in [0.3, 0.4) is 0 Å². The van der Waals surface area contributed by atoms with Gasteiger partial charge >= 0.3 is 0 Å². The van der Waals surface area contributed by atoms with Gasteiger partial charge in [0.25, 0.3) is 0 Å². The standard InChI is InChI=1S/C25H24N6O2/c26-25-29-22(17-4-2-1-3-5-17)15-23(30-25)28-18-6-8-20(9-7-18)33-21-10-12-27-24(14-21)31-13-11-19(32)16-31/h1-10,12,14-15,19,32H,11,13,16H2,(H3,26,28,29,30)/t19-/m1/s1. The van der Waals surface area contributed by atoms with E-state index in [9.17, 15) is 5.11 Å². The number of rotatable bonds is 6. The summed E-state index contributed by atoms with van der Waals surface area (Å²) in [5.74, 6) is 3.02. The maximum atomic E-state index is 9.76. The highest BCUT2D eigenvalue weighted by Crippen LogP contribution is 2.28. The molecule has 0 spiro atoms. The van der Waals surface area contributed by atoms with Crippen molar-refractivity contribution in [1.29, 1.82) is 0 Å². The van der Waals surface area contributed by atoms with Crippen molar-refractivity contribution in [1.82, 2.24) is 15.0 Å². The van der Waals surface area contributed by atoms with E-state index in [1.54, 1.807) is 6.20 Å². The van der Waals surface area contributed by atoms with Crippen LogP contribution in [-0.4, -0.2) is 39.3 Å². The molecule has 1 aliphatic rings. The summed E-state index contributed by atoms with van der Waals surface area (Å²) < 4.78 is 6.00. The van der Waals surface area contributed by atoms with Crippen LogP contribution in [0.15, 0.2) is 79.0 Å². The minimum absolute atomic E-state index is 0.206. The minimum atomic E-state index is -0.301. The molecule has 0 radical (unpaired) electrons. The van der Waals surface area contributed by atoms with Crippen LogP contribution in [0.5, 0.6) is 11.5 Å². The molecule has 166 valence electrons. The second kappa shape index (κ2) is 9.13. The zero-order chi connectivity index (χ0) is 22.6. The third-order valence-corrected chi connectivity index (χ3v) is 5.38. The number of ether oxygens (including phenoxy) is 1. The van der Waals surface area contributed by atoms with Gasteiger partial charge in [-0.05, 0) is 36.8 Å². The number of nitrogens with zero attached hydrogens (tertiary/aromatic N) is 4. The van der Waals surface area contributed by atoms with E-state index >= 15 is 0 Å². The summed E-state index contributed by atoms with van der Waals surface area (Å²) in [6.07, 6.45) is 2.17. The first-order valence-electron chi connectivity index (χ1n) is 10.8. The lowest BCUT2D eigenvalue weighted by atomic mass is 10.1. The Balaban J connectivity index is 1.28. The van der Waals surface area contributed by atoms with Gasteiger partial charge in [-0.15, -0.1) is 0 Å². The van der Waals surface area contributed by atoms with Crippen molar-refractivity contribution in [2.45, 2.75) is 12.5 Å². The highest BCUT2D eigenvalue weighted by molar-refractivity contribution is 5.67. The number of nitrogen functional groups attached to an aromatic ring is 1. The molecule has 1 fully saturated rings. The van der Waals surface area contributed by atoms with E-state index in [-0.39, 0.29) is 12.1 Å². The van der Waals surface area contributed by atoms with Crippen LogP contribution in [0.25, 0.3) is 11.3 Å². The molecular weight excluding hydrogens is 416 g/mol. The van der Waals surface area contributed by atoms with E-state index < -0.39 is 0 Å². The summed E-state index contributed by atoms with van der Waals surface area (Å²) in [6.45, 7) is 1.38. The number of aliphatic hydroxyl groups is 1. The summed E-state index contributed by atoms with van der Waals surface area (Å²) in [7, 11) is 0. The lowest BCUT2D eigenvalue weighted by molar-refractivity contribution is 0.198. The van der Waals surface area contributed by atoms with Crippen molar-refractivity contribution in [3.05, 3.63) is 79.0 Å². The van der Waals surface area contributed by atoms with Crippen LogP contribution in [0, 0.1) is 0 Å². The molecule has 1 saturated heterocycles. The highest BCUT2D eigenvalue weighted by Gasteiger charge is 2.21. The summed E-state index contributed by atoms with van der Waals surface area (Å²) in [6, 6.07) is 23.0. The number of aromatic nitrogens is 3. The predicted molar refractivity (Wildman–Crippen MR) is 129 cm³/mol.